The Bertz CT molecular complexity index is 997. The van der Waals surface area contributed by atoms with Crippen molar-refractivity contribution in [2.45, 2.75) is 44.4 Å². The zero-order valence-electron chi connectivity index (χ0n) is 15.2. The highest BCUT2D eigenvalue weighted by molar-refractivity contribution is 7.07. The molecule has 1 amide bonds. The third-order valence-electron chi connectivity index (χ3n) is 5.34. The molecule has 3 aromatic rings. The highest BCUT2D eigenvalue weighted by atomic mass is 32.1. The lowest BCUT2D eigenvalue weighted by molar-refractivity contribution is 0.0785. The molecule has 6 nitrogen and oxygen atoms in total. The maximum atomic E-state index is 12.7. The molecule has 0 saturated heterocycles. The summed E-state index contributed by atoms with van der Waals surface area (Å²) in [5.74, 6) is -0.0718. The van der Waals surface area contributed by atoms with Crippen LogP contribution >= 0.6 is 11.3 Å². The van der Waals surface area contributed by atoms with Gasteiger partial charge in [0.05, 0.1) is 17.1 Å². The summed E-state index contributed by atoms with van der Waals surface area (Å²) in [5.41, 5.74) is 3.02. The molecule has 1 fully saturated rings. The Hall–Kier alpha value is -2.38. The predicted octanol–water partition coefficient (Wildman–Crippen LogP) is 3.14. The standard InChI is InChI=1S/C20H23N3O3S/c1-22(11-13-8-9-27-12-13)19(25)14-2-7-18-17(10-14)21-20(26)23(18)15-3-5-16(24)6-4-15/h2,7-10,12,15-16,24H,3-6,11H2,1H3,(H,21,26). The minimum atomic E-state index is -0.259. The van der Waals surface area contributed by atoms with Crippen LogP contribution in [0.5, 0.6) is 0 Å². The van der Waals surface area contributed by atoms with Crippen molar-refractivity contribution >= 4 is 28.3 Å². The number of rotatable bonds is 4. The van der Waals surface area contributed by atoms with Crippen molar-refractivity contribution in [1.29, 1.82) is 0 Å². The molecule has 2 aromatic heterocycles. The SMILES string of the molecule is CN(Cc1ccsc1)C(=O)c1ccc2c(c1)[nH]c(=O)n2C1CCC(O)CC1. The molecule has 142 valence electrons. The average molecular weight is 385 g/mol. The fraction of sp³-hybridized carbons (Fsp3) is 0.400. The molecule has 0 bridgehead atoms. The number of carbonyl (C=O) groups excluding carboxylic acids is 1. The quantitative estimate of drug-likeness (QED) is 0.724. The molecular weight excluding hydrogens is 362 g/mol. The van der Waals surface area contributed by atoms with Crippen molar-refractivity contribution in [2.24, 2.45) is 0 Å². The Balaban J connectivity index is 1.59. The van der Waals surface area contributed by atoms with Gasteiger partial charge in [-0.2, -0.15) is 11.3 Å². The number of aliphatic hydroxyl groups is 1. The molecule has 0 unspecified atom stereocenters. The van der Waals surface area contributed by atoms with Crippen molar-refractivity contribution in [2.75, 3.05) is 7.05 Å². The molecule has 0 spiro atoms. The number of carbonyl (C=O) groups is 1. The summed E-state index contributed by atoms with van der Waals surface area (Å²) in [6, 6.07) is 7.51. The first-order valence-electron chi connectivity index (χ1n) is 9.22. The van der Waals surface area contributed by atoms with Crippen molar-refractivity contribution in [1.82, 2.24) is 14.5 Å². The summed E-state index contributed by atoms with van der Waals surface area (Å²) in [5, 5.41) is 13.7. The Morgan fingerprint density at radius 2 is 2.07 bits per heavy atom. The molecule has 1 aromatic carbocycles. The fourth-order valence-electron chi connectivity index (χ4n) is 3.89. The molecular formula is C20H23N3O3S. The number of nitrogens with one attached hydrogen (secondary N) is 1. The molecule has 2 heterocycles. The third kappa shape index (κ3) is 3.57. The van der Waals surface area contributed by atoms with Crippen molar-refractivity contribution in [3.63, 3.8) is 0 Å². The first-order chi connectivity index (χ1) is 13.0. The molecule has 2 N–H and O–H groups in total. The van der Waals surface area contributed by atoms with Gasteiger partial charge in [-0.25, -0.2) is 4.79 Å². The monoisotopic (exact) mass is 385 g/mol. The normalized spacial score (nSPS) is 20.1. The van der Waals surface area contributed by atoms with Crippen LogP contribution in [0.25, 0.3) is 11.0 Å². The Morgan fingerprint density at radius 1 is 1.30 bits per heavy atom. The van der Waals surface area contributed by atoms with Crippen LogP contribution in [-0.2, 0) is 6.54 Å². The number of nitrogens with zero attached hydrogens (tertiary/aromatic N) is 2. The molecule has 27 heavy (non-hydrogen) atoms. The molecule has 1 aliphatic rings. The molecule has 4 rings (SSSR count). The first kappa shape index (κ1) is 18.0. The van der Waals surface area contributed by atoms with E-state index in [0.29, 0.717) is 30.5 Å². The first-order valence-corrected chi connectivity index (χ1v) is 10.2. The number of aromatic amines is 1. The summed E-state index contributed by atoms with van der Waals surface area (Å²) in [6.45, 7) is 0.558. The molecule has 0 aliphatic heterocycles. The van der Waals surface area contributed by atoms with E-state index in [1.165, 1.54) is 0 Å². The summed E-state index contributed by atoms with van der Waals surface area (Å²) < 4.78 is 1.78. The summed E-state index contributed by atoms with van der Waals surface area (Å²) in [7, 11) is 1.78. The van der Waals surface area contributed by atoms with Crippen LogP contribution in [-0.4, -0.2) is 38.6 Å². The molecule has 1 aliphatic carbocycles. The number of aliphatic hydroxyl groups excluding tert-OH is 1. The number of H-pyrrole nitrogens is 1. The Labute approximate surface area is 161 Å². The van der Waals surface area contributed by atoms with Crippen LogP contribution in [0.3, 0.4) is 0 Å². The van der Waals surface area contributed by atoms with E-state index in [1.54, 1.807) is 40.0 Å². The zero-order valence-corrected chi connectivity index (χ0v) is 16.0. The van der Waals surface area contributed by atoms with Crippen molar-refractivity contribution in [3.8, 4) is 0 Å². The van der Waals surface area contributed by atoms with Gasteiger partial charge in [0.2, 0.25) is 0 Å². The minimum absolute atomic E-state index is 0.0718. The molecule has 0 radical (unpaired) electrons. The zero-order chi connectivity index (χ0) is 19.0. The van der Waals surface area contributed by atoms with E-state index >= 15 is 0 Å². The predicted molar refractivity (Wildman–Crippen MR) is 106 cm³/mol. The number of aromatic nitrogens is 2. The summed E-state index contributed by atoms with van der Waals surface area (Å²) in [6.07, 6.45) is 2.75. The summed E-state index contributed by atoms with van der Waals surface area (Å²) in [4.78, 5) is 29.8. The van der Waals surface area contributed by atoms with Crippen molar-refractivity contribution < 1.29 is 9.90 Å². The van der Waals surface area contributed by atoms with E-state index in [-0.39, 0.29) is 23.7 Å². The van der Waals surface area contributed by atoms with Gasteiger partial charge in [0.25, 0.3) is 5.91 Å². The Morgan fingerprint density at radius 3 is 2.78 bits per heavy atom. The number of fused-ring (bicyclic) bond motifs is 1. The van der Waals surface area contributed by atoms with Gasteiger partial charge in [-0.3, -0.25) is 9.36 Å². The number of benzene rings is 1. The second-order valence-electron chi connectivity index (χ2n) is 7.29. The maximum absolute atomic E-state index is 12.7. The number of thiophene rings is 1. The van der Waals surface area contributed by atoms with Gasteiger partial charge in [0, 0.05) is 25.2 Å². The molecule has 1 saturated carbocycles. The average Bonchev–Trinajstić information content (AvgIpc) is 3.28. The highest BCUT2D eigenvalue weighted by Crippen LogP contribution is 2.30. The van der Waals surface area contributed by atoms with Crippen LogP contribution in [0.4, 0.5) is 0 Å². The third-order valence-corrected chi connectivity index (χ3v) is 6.07. The minimum Gasteiger partial charge on any atom is -0.393 e. The number of hydrogen-bond acceptors (Lipinski definition) is 4. The maximum Gasteiger partial charge on any atom is 0.326 e. The van der Waals surface area contributed by atoms with Gasteiger partial charge in [-0.15, -0.1) is 0 Å². The number of amides is 1. The van der Waals surface area contributed by atoms with E-state index in [1.807, 2.05) is 22.9 Å². The van der Waals surface area contributed by atoms with E-state index < -0.39 is 0 Å². The van der Waals surface area contributed by atoms with Crippen LogP contribution in [0.15, 0.2) is 39.8 Å². The second-order valence-corrected chi connectivity index (χ2v) is 8.07. The van der Waals surface area contributed by atoms with E-state index in [4.69, 9.17) is 0 Å². The fourth-order valence-corrected chi connectivity index (χ4v) is 4.55. The van der Waals surface area contributed by atoms with E-state index in [2.05, 4.69) is 4.98 Å². The van der Waals surface area contributed by atoms with Crippen LogP contribution in [0.2, 0.25) is 0 Å². The molecule has 0 atom stereocenters. The summed E-state index contributed by atoms with van der Waals surface area (Å²) >= 11 is 1.61. The van der Waals surface area contributed by atoms with Gasteiger partial charge in [0.15, 0.2) is 0 Å². The van der Waals surface area contributed by atoms with E-state index in [0.717, 1.165) is 23.9 Å². The second kappa shape index (κ2) is 7.32. The lowest BCUT2D eigenvalue weighted by Crippen LogP contribution is -2.27. The smallest absolute Gasteiger partial charge is 0.326 e. The number of hydrogen-bond donors (Lipinski definition) is 2. The topological polar surface area (TPSA) is 78.3 Å². The lowest BCUT2D eigenvalue weighted by atomic mass is 9.93. The van der Waals surface area contributed by atoms with Crippen LogP contribution in [0, 0.1) is 0 Å². The Kier molecular flexibility index (Phi) is 4.88. The number of imidazole rings is 1. The van der Waals surface area contributed by atoms with Crippen LogP contribution < -0.4 is 5.69 Å². The van der Waals surface area contributed by atoms with Gasteiger partial charge in [-0.05, 0) is 66.3 Å². The van der Waals surface area contributed by atoms with Gasteiger partial charge in [0.1, 0.15) is 0 Å². The van der Waals surface area contributed by atoms with E-state index in [9.17, 15) is 14.7 Å². The van der Waals surface area contributed by atoms with Gasteiger partial charge >= 0.3 is 5.69 Å². The van der Waals surface area contributed by atoms with Crippen molar-refractivity contribution in [3.05, 3.63) is 56.6 Å². The van der Waals surface area contributed by atoms with Gasteiger partial charge in [-0.1, -0.05) is 0 Å². The van der Waals surface area contributed by atoms with Crippen LogP contribution in [0.1, 0.15) is 47.6 Å². The largest absolute Gasteiger partial charge is 0.393 e. The lowest BCUT2D eigenvalue weighted by Gasteiger charge is -2.26. The highest BCUT2D eigenvalue weighted by Gasteiger charge is 2.24. The van der Waals surface area contributed by atoms with Gasteiger partial charge < -0.3 is 15.0 Å². The molecule has 7 heteroatoms.